The molecule has 6 nitrogen and oxygen atoms in total. The molecule has 0 N–H and O–H groups in total. The van der Waals surface area contributed by atoms with Crippen molar-refractivity contribution in [3.63, 3.8) is 0 Å². The monoisotopic (exact) mass is 426 g/mol. The maximum Gasteiger partial charge on any atom is 0.411 e. The average molecular weight is 427 g/mol. The second-order valence-electron chi connectivity index (χ2n) is 7.58. The van der Waals surface area contributed by atoms with Gasteiger partial charge in [0.15, 0.2) is 0 Å². The molecule has 0 aliphatic carbocycles. The van der Waals surface area contributed by atoms with E-state index in [9.17, 15) is 14.4 Å². The lowest BCUT2D eigenvalue weighted by molar-refractivity contribution is -0.162. The van der Waals surface area contributed by atoms with Gasteiger partial charge in [-0.3, -0.25) is 19.4 Å². The second kappa shape index (κ2) is 8.88. The number of carbonyl (C=O) groups is 3. The number of ether oxygens (including phenoxy) is 1. The van der Waals surface area contributed by atoms with Crippen LogP contribution in [0.4, 0.5) is 4.79 Å². The number of halogens is 1. The molecule has 7 heteroatoms. The van der Waals surface area contributed by atoms with Crippen molar-refractivity contribution in [3.8, 4) is 0 Å². The number of hydrogen-bond donors (Lipinski definition) is 0. The van der Waals surface area contributed by atoms with Crippen LogP contribution < -0.4 is 0 Å². The van der Waals surface area contributed by atoms with Crippen LogP contribution in [-0.2, 0) is 27.4 Å². The van der Waals surface area contributed by atoms with Crippen molar-refractivity contribution in [2.75, 3.05) is 6.54 Å². The lowest BCUT2D eigenvalue weighted by Crippen LogP contribution is -2.68. The topological polar surface area (TPSA) is 66.9 Å². The average Bonchev–Trinajstić information content (AvgIpc) is 2.77. The minimum absolute atomic E-state index is 0.105. The van der Waals surface area contributed by atoms with Gasteiger partial charge in [-0.1, -0.05) is 60.1 Å². The molecule has 2 bridgehead atoms. The third-order valence-corrected chi connectivity index (χ3v) is 6.08. The first kappa shape index (κ1) is 20.4. The number of benzene rings is 2. The Morgan fingerprint density at radius 1 is 0.967 bits per heavy atom. The maximum atomic E-state index is 13.1. The highest BCUT2D eigenvalue weighted by molar-refractivity contribution is 6.31. The first-order chi connectivity index (χ1) is 14.6. The largest absolute Gasteiger partial charge is 0.445 e. The van der Waals surface area contributed by atoms with Gasteiger partial charge in [-0.05, 0) is 42.9 Å². The third-order valence-electron chi connectivity index (χ3n) is 5.71. The summed E-state index contributed by atoms with van der Waals surface area (Å²) < 4.78 is 5.43. The molecule has 30 heavy (non-hydrogen) atoms. The quantitative estimate of drug-likeness (QED) is 0.682. The molecule has 2 saturated heterocycles. The molecular weight excluding hydrogens is 404 g/mol. The minimum Gasteiger partial charge on any atom is -0.445 e. The van der Waals surface area contributed by atoms with Crippen molar-refractivity contribution in [3.05, 3.63) is 70.7 Å². The summed E-state index contributed by atoms with van der Waals surface area (Å²) >= 11 is 6.20. The van der Waals surface area contributed by atoms with Crippen molar-refractivity contribution in [2.24, 2.45) is 0 Å². The van der Waals surface area contributed by atoms with E-state index < -0.39 is 18.2 Å². The fraction of sp³-hybridized carbons (Fsp3) is 0.348. The Labute approximate surface area is 180 Å². The lowest BCUT2D eigenvalue weighted by atomic mass is 9.90. The summed E-state index contributed by atoms with van der Waals surface area (Å²) in [5, 5.41) is 0.612. The molecule has 2 atom stereocenters. The first-order valence-electron chi connectivity index (χ1n) is 10.1. The number of rotatable bonds is 5. The standard InChI is InChI=1S/C23H23ClN2O4/c24-18-10-5-4-9-17(18)13-14-25-21(27)19-11-6-12-20(22(25)28)26(19)23(29)30-15-16-7-2-1-3-8-16/h1-5,7-10,19-20H,6,11-15H2/t19-,20+. The van der Waals surface area contributed by atoms with Crippen LogP contribution in [0.2, 0.25) is 5.02 Å². The Morgan fingerprint density at radius 2 is 1.60 bits per heavy atom. The molecule has 2 aliphatic rings. The molecule has 3 amide bonds. The van der Waals surface area contributed by atoms with Crippen LogP contribution in [0.15, 0.2) is 54.6 Å². The van der Waals surface area contributed by atoms with E-state index in [4.69, 9.17) is 16.3 Å². The van der Waals surface area contributed by atoms with Crippen LogP contribution in [0.5, 0.6) is 0 Å². The van der Waals surface area contributed by atoms with Crippen LogP contribution in [0.3, 0.4) is 0 Å². The first-order valence-corrected chi connectivity index (χ1v) is 10.5. The van der Waals surface area contributed by atoms with Crippen LogP contribution in [0.1, 0.15) is 30.4 Å². The van der Waals surface area contributed by atoms with Gasteiger partial charge < -0.3 is 4.74 Å². The molecule has 0 radical (unpaired) electrons. The number of imide groups is 1. The molecule has 2 aromatic carbocycles. The molecule has 2 aromatic rings. The molecule has 2 aliphatic heterocycles. The molecule has 0 aromatic heterocycles. The number of fused-ring (bicyclic) bond motifs is 2. The Hall–Kier alpha value is -2.86. The number of carbonyl (C=O) groups excluding carboxylic acids is 3. The van der Waals surface area contributed by atoms with E-state index in [0.717, 1.165) is 17.5 Å². The van der Waals surface area contributed by atoms with Gasteiger partial charge in [0.05, 0.1) is 0 Å². The highest BCUT2D eigenvalue weighted by Crippen LogP contribution is 2.31. The number of hydrogen-bond acceptors (Lipinski definition) is 4. The van der Waals surface area contributed by atoms with Gasteiger partial charge >= 0.3 is 6.09 Å². The van der Waals surface area contributed by atoms with Crippen LogP contribution in [0.25, 0.3) is 0 Å². The van der Waals surface area contributed by atoms with Crippen molar-refractivity contribution < 1.29 is 19.1 Å². The van der Waals surface area contributed by atoms with Gasteiger partial charge in [-0.2, -0.15) is 0 Å². The molecule has 0 spiro atoms. The summed E-state index contributed by atoms with van der Waals surface area (Å²) in [6, 6.07) is 15.4. The SMILES string of the molecule is O=C1[C@H]2CCC[C@@H](C(=O)N1CCc1ccccc1Cl)N2C(=O)OCc1ccccc1. The van der Waals surface area contributed by atoms with Crippen LogP contribution >= 0.6 is 11.6 Å². The second-order valence-corrected chi connectivity index (χ2v) is 7.99. The summed E-state index contributed by atoms with van der Waals surface area (Å²) in [5.74, 6) is -0.667. The Morgan fingerprint density at radius 3 is 2.27 bits per heavy atom. The Bertz CT molecular complexity index is 925. The van der Waals surface area contributed by atoms with Crippen LogP contribution in [0, 0.1) is 0 Å². The molecular formula is C23H23ClN2O4. The Balaban J connectivity index is 1.46. The summed E-state index contributed by atoms with van der Waals surface area (Å²) in [6.45, 7) is 0.357. The Kier molecular flexibility index (Phi) is 6.04. The van der Waals surface area contributed by atoms with Gasteiger partial charge in [0.2, 0.25) is 0 Å². The fourth-order valence-corrected chi connectivity index (χ4v) is 4.39. The van der Waals surface area contributed by atoms with Gasteiger partial charge in [-0.25, -0.2) is 4.79 Å². The summed E-state index contributed by atoms with van der Waals surface area (Å²) in [6.07, 6.45) is 1.67. The minimum atomic E-state index is -0.657. The maximum absolute atomic E-state index is 13.1. The highest BCUT2D eigenvalue weighted by atomic mass is 35.5. The number of piperidine rings is 1. The van der Waals surface area contributed by atoms with Crippen LogP contribution in [-0.4, -0.2) is 46.3 Å². The zero-order valence-electron chi connectivity index (χ0n) is 16.5. The molecule has 0 unspecified atom stereocenters. The fourth-order valence-electron chi connectivity index (χ4n) is 4.16. The normalized spacial score (nSPS) is 21.0. The molecule has 0 saturated carbocycles. The lowest BCUT2D eigenvalue weighted by Gasteiger charge is -2.46. The molecule has 2 fully saturated rings. The van der Waals surface area contributed by atoms with Gasteiger partial charge in [0, 0.05) is 11.6 Å². The zero-order chi connectivity index (χ0) is 21.1. The number of nitrogens with zero attached hydrogens (tertiary/aromatic N) is 2. The van der Waals surface area contributed by atoms with E-state index in [2.05, 4.69) is 0 Å². The van der Waals surface area contributed by atoms with Gasteiger partial charge in [-0.15, -0.1) is 0 Å². The van der Waals surface area contributed by atoms with Crippen molar-refractivity contribution in [1.82, 2.24) is 9.80 Å². The summed E-state index contributed by atoms with van der Waals surface area (Å²) in [4.78, 5) is 41.5. The van der Waals surface area contributed by atoms with Crippen molar-refractivity contribution >= 4 is 29.5 Å². The van der Waals surface area contributed by atoms with Gasteiger partial charge in [0.1, 0.15) is 18.7 Å². The molecule has 156 valence electrons. The highest BCUT2D eigenvalue weighted by Gasteiger charge is 2.50. The van der Waals surface area contributed by atoms with E-state index in [1.54, 1.807) is 6.07 Å². The molecule has 2 heterocycles. The summed E-state index contributed by atoms with van der Waals surface area (Å²) in [5.41, 5.74) is 1.74. The predicted octanol–water partition coefficient (Wildman–Crippen LogP) is 3.81. The number of piperazine rings is 1. The van der Waals surface area contributed by atoms with E-state index in [0.29, 0.717) is 24.3 Å². The van der Waals surface area contributed by atoms with E-state index in [1.165, 1.54) is 9.80 Å². The van der Waals surface area contributed by atoms with Gasteiger partial charge in [0.25, 0.3) is 11.8 Å². The van der Waals surface area contributed by atoms with E-state index in [-0.39, 0.29) is 25.0 Å². The van der Waals surface area contributed by atoms with Crippen molar-refractivity contribution in [1.29, 1.82) is 0 Å². The third kappa shape index (κ3) is 4.05. The summed E-state index contributed by atoms with van der Waals surface area (Å²) in [7, 11) is 0. The van der Waals surface area contributed by atoms with Crippen molar-refractivity contribution in [2.45, 2.75) is 44.4 Å². The smallest absolute Gasteiger partial charge is 0.411 e. The van der Waals surface area contributed by atoms with E-state index >= 15 is 0 Å². The van der Waals surface area contributed by atoms with E-state index in [1.807, 2.05) is 48.5 Å². The zero-order valence-corrected chi connectivity index (χ0v) is 17.3. The molecule has 4 rings (SSSR count). The predicted molar refractivity (Wildman–Crippen MR) is 112 cm³/mol. The number of amides is 3. The number of likely N-dealkylation sites (tertiary alicyclic amines) is 1.